The van der Waals surface area contributed by atoms with Crippen LogP contribution in [0.5, 0.6) is 0 Å². The summed E-state index contributed by atoms with van der Waals surface area (Å²) in [5.74, 6) is -0.845. The predicted molar refractivity (Wildman–Crippen MR) is 344 cm³/mol. The number of hydrogen-bond acceptors (Lipinski definition) is 6. The highest BCUT2D eigenvalue weighted by Crippen LogP contribution is 2.19. The third-order valence-corrected chi connectivity index (χ3v) is 16.4. The zero-order valence-corrected chi connectivity index (χ0v) is 53.7. The minimum Gasteiger partial charge on any atom is -0.462 e. The van der Waals surface area contributed by atoms with Crippen molar-refractivity contribution in [3.8, 4) is 0 Å². The van der Waals surface area contributed by atoms with E-state index >= 15 is 0 Å². The number of esters is 3. The van der Waals surface area contributed by atoms with E-state index in [4.69, 9.17) is 14.2 Å². The second-order valence-corrected chi connectivity index (χ2v) is 24.5. The summed E-state index contributed by atoms with van der Waals surface area (Å²) in [6.07, 6.45) is 83.9. The Hall–Kier alpha value is -2.11. The molecule has 0 aromatic heterocycles. The summed E-state index contributed by atoms with van der Waals surface area (Å²) in [6.45, 7) is 6.67. The first-order valence-corrected chi connectivity index (χ1v) is 35.8. The van der Waals surface area contributed by atoms with Crippen molar-refractivity contribution in [1.82, 2.24) is 0 Å². The van der Waals surface area contributed by atoms with Gasteiger partial charge in [-0.25, -0.2) is 0 Å². The van der Waals surface area contributed by atoms with Crippen LogP contribution < -0.4 is 0 Å². The fourth-order valence-corrected chi connectivity index (χ4v) is 11.0. The van der Waals surface area contributed by atoms with Crippen molar-refractivity contribution >= 4 is 17.9 Å². The third kappa shape index (κ3) is 66.6. The van der Waals surface area contributed by atoms with E-state index in [2.05, 4.69) is 45.1 Å². The van der Waals surface area contributed by atoms with Gasteiger partial charge in [-0.05, 0) is 70.6 Å². The monoisotopic (exact) mass is 1110 g/mol. The van der Waals surface area contributed by atoms with Gasteiger partial charge < -0.3 is 14.2 Å². The summed E-state index contributed by atoms with van der Waals surface area (Å²) in [4.78, 5) is 38.2. The maximum absolute atomic E-state index is 12.9. The number of carbonyl (C=O) groups excluding carboxylic acids is 3. The van der Waals surface area contributed by atoms with Crippen LogP contribution in [0, 0.1) is 0 Å². The van der Waals surface area contributed by atoms with Gasteiger partial charge in [0.1, 0.15) is 13.2 Å². The van der Waals surface area contributed by atoms with Gasteiger partial charge in [-0.2, -0.15) is 0 Å². The third-order valence-electron chi connectivity index (χ3n) is 16.4. The zero-order chi connectivity index (χ0) is 57.1. The molecule has 466 valence electrons. The molecule has 0 aliphatic heterocycles. The summed E-state index contributed by atoms with van der Waals surface area (Å²) in [5, 5.41) is 0. The molecule has 0 heterocycles. The number of unbranched alkanes of at least 4 members (excludes halogenated alkanes) is 52. The molecular weight excluding hydrogens is 973 g/mol. The quantitative estimate of drug-likeness (QED) is 0.0261. The average molecular weight is 1110 g/mol. The highest BCUT2D eigenvalue weighted by molar-refractivity contribution is 5.71. The molecule has 0 rings (SSSR count). The summed E-state index contributed by atoms with van der Waals surface area (Å²) < 4.78 is 16.9. The molecule has 0 aliphatic carbocycles. The Labute approximate surface area is 493 Å². The van der Waals surface area contributed by atoms with Crippen LogP contribution in [0.4, 0.5) is 0 Å². The molecule has 0 aliphatic rings. The van der Waals surface area contributed by atoms with E-state index in [0.717, 1.165) is 57.8 Å². The highest BCUT2D eigenvalue weighted by atomic mass is 16.6. The molecule has 79 heavy (non-hydrogen) atoms. The van der Waals surface area contributed by atoms with Crippen LogP contribution in [0.3, 0.4) is 0 Å². The Balaban J connectivity index is 3.99. The molecule has 0 aromatic rings. The van der Waals surface area contributed by atoms with E-state index in [1.54, 1.807) is 0 Å². The molecule has 1 unspecified atom stereocenters. The Morgan fingerprint density at radius 2 is 0.418 bits per heavy atom. The Morgan fingerprint density at radius 3 is 0.633 bits per heavy atom. The van der Waals surface area contributed by atoms with E-state index in [1.807, 2.05) is 0 Å². The first kappa shape index (κ1) is 76.9. The van der Waals surface area contributed by atoms with Crippen LogP contribution in [0.15, 0.2) is 24.3 Å². The predicted octanol–water partition coefficient (Wildman–Crippen LogP) is 24.6. The topological polar surface area (TPSA) is 78.9 Å². The lowest BCUT2D eigenvalue weighted by molar-refractivity contribution is -0.167. The molecule has 0 radical (unpaired) electrons. The van der Waals surface area contributed by atoms with Crippen molar-refractivity contribution in [2.24, 2.45) is 0 Å². The number of allylic oxidation sites excluding steroid dienone is 4. The fourth-order valence-electron chi connectivity index (χ4n) is 11.0. The number of ether oxygens (including phenoxy) is 3. The van der Waals surface area contributed by atoms with Crippen LogP contribution in [0.2, 0.25) is 0 Å². The van der Waals surface area contributed by atoms with Crippen molar-refractivity contribution in [1.29, 1.82) is 0 Å². The zero-order valence-electron chi connectivity index (χ0n) is 53.7. The van der Waals surface area contributed by atoms with Gasteiger partial charge in [0.2, 0.25) is 0 Å². The first-order chi connectivity index (χ1) is 39.0. The SMILES string of the molecule is CCCCCCCCCC/C=C\CCCCCCCCCCCCCCCCCCCCCC(=O)OCC(COC(=O)CCCCCCCCC)OC(=O)CCCCCCCCCCCCC/C=C\CCCCCCCCCC. The number of carbonyl (C=O) groups is 3. The minimum atomic E-state index is -0.766. The largest absolute Gasteiger partial charge is 0.462 e. The van der Waals surface area contributed by atoms with Crippen molar-refractivity contribution < 1.29 is 28.6 Å². The van der Waals surface area contributed by atoms with Gasteiger partial charge in [0, 0.05) is 19.3 Å². The van der Waals surface area contributed by atoms with Gasteiger partial charge in [0.05, 0.1) is 0 Å². The molecular formula is C73H138O6. The average Bonchev–Trinajstić information content (AvgIpc) is 3.45. The van der Waals surface area contributed by atoms with Crippen LogP contribution in [0.1, 0.15) is 406 Å². The fraction of sp³-hybridized carbons (Fsp3) is 0.904. The van der Waals surface area contributed by atoms with Crippen LogP contribution in [-0.2, 0) is 28.6 Å². The van der Waals surface area contributed by atoms with Gasteiger partial charge in [0.25, 0.3) is 0 Å². The molecule has 0 bridgehead atoms. The summed E-state index contributed by atoms with van der Waals surface area (Å²) in [5.41, 5.74) is 0. The van der Waals surface area contributed by atoms with Gasteiger partial charge in [-0.1, -0.05) is 340 Å². The molecule has 0 spiro atoms. The van der Waals surface area contributed by atoms with E-state index in [9.17, 15) is 14.4 Å². The summed E-state index contributed by atoms with van der Waals surface area (Å²) >= 11 is 0. The van der Waals surface area contributed by atoms with Crippen LogP contribution in [-0.4, -0.2) is 37.2 Å². The molecule has 0 saturated carbocycles. The second kappa shape index (κ2) is 68.4. The smallest absolute Gasteiger partial charge is 0.306 e. The van der Waals surface area contributed by atoms with Gasteiger partial charge >= 0.3 is 17.9 Å². The van der Waals surface area contributed by atoms with Crippen molar-refractivity contribution in [3.05, 3.63) is 24.3 Å². The first-order valence-electron chi connectivity index (χ1n) is 35.8. The normalized spacial score (nSPS) is 12.1. The summed E-state index contributed by atoms with van der Waals surface area (Å²) in [7, 11) is 0. The molecule has 0 fully saturated rings. The Bertz CT molecular complexity index is 1270. The van der Waals surface area contributed by atoms with Crippen LogP contribution in [0.25, 0.3) is 0 Å². The van der Waals surface area contributed by atoms with Crippen LogP contribution >= 0.6 is 0 Å². The van der Waals surface area contributed by atoms with Crippen molar-refractivity contribution in [2.45, 2.75) is 412 Å². The molecule has 6 nitrogen and oxygen atoms in total. The maximum atomic E-state index is 12.9. The standard InChI is InChI=1S/C73H138O6/c1-4-7-10-13-16-18-20-22-24-26-28-30-32-33-34-35-36-37-38-39-41-42-44-46-48-50-52-54-57-60-63-66-72(75)78-69-70(68-77-71(74)65-62-59-56-15-12-9-6-3)79-73(76)67-64-61-58-55-53-51-49-47-45-43-40-31-29-27-25-23-21-19-17-14-11-8-5-2/h26-29,70H,4-25,30-69H2,1-3H3/b28-26-,29-27-. The Kier molecular flexibility index (Phi) is 66.6. The number of rotatable bonds is 67. The molecule has 0 aromatic carbocycles. The Morgan fingerprint density at radius 1 is 0.241 bits per heavy atom. The molecule has 6 heteroatoms. The molecule has 1 atom stereocenters. The lowest BCUT2D eigenvalue weighted by atomic mass is 10.0. The summed E-state index contributed by atoms with van der Waals surface area (Å²) in [6, 6.07) is 0. The molecule has 0 amide bonds. The number of hydrogen-bond donors (Lipinski definition) is 0. The van der Waals surface area contributed by atoms with Gasteiger partial charge in [-0.15, -0.1) is 0 Å². The van der Waals surface area contributed by atoms with E-state index in [0.29, 0.717) is 19.3 Å². The van der Waals surface area contributed by atoms with Gasteiger partial charge in [0.15, 0.2) is 6.10 Å². The lowest BCUT2D eigenvalue weighted by Gasteiger charge is -2.18. The minimum absolute atomic E-state index is 0.0657. The maximum Gasteiger partial charge on any atom is 0.306 e. The lowest BCUT2D eigenvalue weighted by Crippen LogP contribution is -2.30. The highest BCUT2D eigenvalue weighted by Gasteiger charge is 2.19. The molecule has 0 saturated heterocycles. The van der Waals surface area contributed by atoms with Gasteiger partial charge in [-0.3, -0.25) is 14.4 Å². The van der Waals surface area contributed by atoms with Crippen molar-refractivity contribution in [2.75, 3.05) is 13.2 Å². The van der Waals surface area contributed by atoms with E-state index in [-0.39, 0.29) is 31.1 Å². The van der Waals surface area contributed by atoms with E-state index < -0.39 is 6.10 Å². The molecule has 0 N–H and O–H groups in total. The van der Waals surface area contributed by atoms with E-state index in [1.165, 1.54) is 308 Å². The van der Waals surface area contributed by atoms with Crippen molar-refractivity contribution in [3.63, 3.8) is 0 Å². The second-order valence-electron chi connectivity index (χ2n) is 24.5.